The van der Waals surface area contributed by atoms with Crippen molar-refractivity contribution in [2.24, 2.45) is 0 Å². The molecule has 164 valence electrons. The molecule has 1 aliphatic heterocycles. The first-order chi connectivity index (χ1) is 14.8. The average molecular weight is 463 g/mol. The molecule has 1 aromatic heterocycles. The van der Waals surface area contributed by atoms with Gasteiger partial charge >= 0.3 is 0 Å². The van der Waals surface area contributed by atoms with E-state index in [2.05, 4.69) is 5.32 Å². The second-order valence-electron chi connectivity index (χ2n) is 7.48. The van der Waals surface area contributed by atoms with Crippen LogP contribution >= 0.6 is 11.6 Å². The van der Waals surface area contributed by atoms with E-state index >= 15 is 0 Å². The lowest BCUT2D eigenvalue weighted by Gasteiger charge is -2.25. The summed E-state index contributed by atoms with van der Waals surface area (Å²) in [5.74, 6) is 0.173. The Hall–Kier alpha value is -2.55. The molecule has 0 atom stereocenters. The van der Waals surface area contributed by atoms with E-state index in [9.17, 15) is 13.2 Å². The van der Waals surface area contributed by atoms with Crippen molar-refractivity contribution < 1.29 is 22.4 Å². The Morgan fingerprint density at radius 3 is 2.55 bits per heavy atom. The molecule has 0 unspecified atom stereocenters. The number of piperidine rings is 1. The minimum atomic E-state index is -3.58. The van der Waals surface area contributed by atoms with Crippen LogP contribution in [0.4, 0.5) is 5.69 Å². The number of aryl methyl sites for hydroxylation is 1. The number of ether oxygens (including phenoxy) is 1. The highest BCUT2D eigenvalue weighted by Gasteiger charge is 2.27. The van der Waals surface area contributed by atoms with Crippen LogP contribution in [0, 0.1) is 6.92 Å². The Kier molecular flexibility index (Phi) is 5.96. The number of halogens is 1. The number of fused-ring (bicyclic) bond motifs is 1. The maximum atomic E-state index is 13.0. The van der Waals surface area contributed by atoms with E-state index in [1.807, 2.05) is 0 Å². The van der Waals surface area contributed by atoms with E-state index in [1.54, 1.807) is 37.3 Å². The molecular formula is C22H23ClN2O5S. The number of hydrogen-bond donors (Lipinski definition) is 1. The van der Waals surface area contributed by atoms with E-state index < -0.39 is 15.9 Å². The van der Waals surface area contributed by atoms with Gasteiger partial charge in [-0.1, -0.05) is 18.0 Å². The number of hydrogen-bond acceptors (Lipinski definition) is 5. The summed E-state index contributed by atoms with van der Waals surface area (Å²) in [5.41, 5.74) is 1.51. The van der Waals surface area contributed by atoms with Crippen molar-refractivity contribution in [2.75, 3.05) is 25.5 Å². The number of sulfonamides is 1. The van der Waals surface area contributed by atoms with Gasteiger partial charge in [0.2, 0.25) is 10.0 Å². The van der Waals surface area contributed by atoms with E-state index in [0.29, 0.717) is 46.1 Å². The minimum absolute atomic E-state index is 0.120. The first-order valence-corrected chi connectivity index (χ1v) is 11.8. The van der Waals surface area contributed by atoms with Crippen LogP contribution < -0.4 is 10.1 Å². The summed E-state index contributed by atoms with van der Waals surface area (Å²) in [6, 6.07) is 9.62. The van der Waals surface area contributed by atoms with Gasteiger partial charge in [0.15, 0.2) is 5.76 Å². The average Bonchev–Trinajstić information content (AvgIpc) is 3.10. The van der Waals surface area contributed by atoms with Crippen LogP contribution in [-0.4, -0.2) is 38.8 Å². The molecule has 7 nitrogen and oxygen atoms in total. The zero-order valence-electron chi connectivity index (χ0n) is 17.3. The molecule has 0 spiro atoms. The molecule has 1 saturated heterocycles. The minimum Gasteiger partial charge on any atom is -0.495 e. The van der Waals surface area contributed by atoms with Crippen molar-refractivity contribution in [2.45, 2.75) is 31.1 Å². The quantitative estimate of drug-likeness (QED) is 0.586. The first kappa shape index (κ1) is 21.7. The van der Waals surface area contributed by atoms with Crippen LogP contribution in [0.15, 0.2) is 45.7 Å². The lowest BCUT2D eigenvalue weighted by atomic mass is 10.1. The van der Waals surface area contributed by atoms with Gasteiger partial charge in [-0.25, -0.2) is 8.42 Å². The molecule has 0 radical (unpaired) electrons. The van der Waals surface area contributed by atoms with Crippen molar-refractivity contribution in [3.63, 3.8) is 0 Å². The fourth-order valence-corrected chi connectivity index (χ4v) is 5.56. The standard InChI is InChI=1S/C22H23ClN2O5S/c1-14-17-13-16(31(27,28)25-10-4-3-5-11-25)7-9-19(17)30-21(14)22(26)24-15-6-8-20(29-2)18(23)12-15/h6-9,12-13H,3-5,10-11H2,1-2H3,(H,24,26). The van der Waals surface area contributed by atoms with Crippen LogP contribution in [-0.2, 0) is 10.0 Å². The number of nitrogens with one attached hydrogen (secondary N) is 1. The number of anilines is 1. The highest BCUT2D eigenvalue weighted by atomic mass is 35.5. The van der Waals surface area contributed by atoms with Gasteiger partial charge in [-0.15, -0.1) is 0 Å². The molecule has 1 N–H and O–H groups in total. The summed E-state index contributed by atoms with van der Waals surface area (Å²) in [5, 5.41) is 3.71. The Bertz CT molecular complexity index is 1250. The van der Waals surface area contributed by atoms with Gasteiger partial charge in [0.1, 0.15) is 11.3 Å². The SMILES string of the molecule is COc1ccc(NC(=O)c2oc3ccc(S(=O)(=O)N4CCCCC4)cc3c2C)cc1Cl. The third-order valence-corrected chi connectivity index (χ3v) is 7.67. The largest absolute Gasteiger partial charge is 0.495 e. The molecule has 0 bridgehead atoms. The van der Waals surface area contributed by atoms with Crippen LogP contribution in [0.1, 0.15) is 35.4 Å². The molecule has 31 heavy (non-hydrogen) atoms. The van der Waals surface area contributed by atoms with Gasteiger partial charge in [-0.3, -0.25) is 4.79 Å². The smallest absolute Gasteiger partial charge is 0.291 e. The van der Waals surface area contributed by atoms with E-state index in [1.165, 1.54) is 17.5 Å². The fourth-order valence-electron chi connectivity index (χ4n) is 3.76. The highest BCUT2D eigenvalue weighted by Crippen LogP contribution is 2.31. The fraction of sp³-hybridized carbons (Fsp3) is 0.318. The number of rotatable bonds is 5. The molecule has 2 heterocycles. The monoisotopic (exact) mass is 462 g/mol. The molecule has 3 aromatic rings. The van der Waals surface area contributed by atoms with Crippen LogP contribution in [0.25, 0.3) is 11.0 Å². The Balaban J connectivity index is 1.63. The maximum Gasteiger partial charge on any atom is 0.291 e. The Labute approximate surface area is 186 Å². The van der Waals surface area contributed by atoms with Crippen LogP contribution in [0.3, 0.4) is 0 Å². The third kappa shape index (κ3) is 4.15. The molecule has 2 aromatic carbocycles. The number of methoxy groups -OCH3 is 1. The van der Waals surface area contributed by atoms with Crippen molar-refractivity contribution in [1.29, 1.82) is 0 Å². The molecule has 0 saturated carbocycles. The summed E-state index contributed by atoms with van der Waals surface area (Å²) in [6.07, 6.45) is 2.78. The summed E-state index contributed by atoms with van der Waals surface area (Å²) < 4.78 is 38.4. The van der Waals surface area contributed by atoms with E-state index in [-0.39, 0.29) is 10.7 Å². The zero-order valence-corrected chi connectivity index (χ0v) is 18.8. The Morgan fingerprint density at radius 1 is 1.13 bits per heavy atom. The maximum absolute atomic E-state index is 13.0. The Morgan fingerprint density at radius 2 is 1.87 bits per heavy atom. The van der Waals surface area contributed by atoms with Crippen molar-refractivity contribution in [3.8, 4) is 5.75 Å². The van der Waals surface area contributed by atoms with Gasteiger partial charge in [-0.2, -0.15) is 4.31 Å². The summed E-state index contributed by atoms with van der Waals surface area (Å²) in [4.78, 5) is 13.0. The molecule has 9 heteroatoms. The van der Waals surface area contributed by atoms with Gasteiger partial charge in [0.05, 0.1) is 17.0 Å². The summed E-state index contributed by atoms with van der Waals surface area (Å²) >= 11 is 6.12. The number of nitrogens with zero attached hydrogens (tertiary/aromatic N) is 1. The normalized spacial score (nSPS) is 15.2. The molecule has 4 rings (SSSR count). The second-order valence-corrected chi connectivity index (χ2v) is 9.83. The predicted molar refractivity (Wildman–Crippen MR) is 120 cm³/mol. The van der Waals surface area contributed by atoms with Gasteiger partial charge in [0.25, 0.3) is 5.91 Å². The van der Waals surface area contributed by atoms with Gasteiger partial charge in [0, 0.05) is 29.7 Å². The van der Waals surface area contributed by atoms with Crippen molar-refractivity contribution in [3.05, 3.63) is 52.7 Å². The van der Waals surface area contributed by atoms with Crippen molar-refractivity contribution >= 4 is 44.2 Å². The highest BCUT2D eigenvalue weighted by molar-refractivity contribution is 7.89. The number of furan rings is 1. The van der Waals surface area contributed by atoms with Gasteiger partial charge in [-0.05, 0) is 56.2 Å². The third-order valence-electron chi connectivity index (χ3n) is 5.48. The predicted octanol–water partition coefficient (Wildman–Crippen LogP) is 4.83. The molecule has 1 amide bonds. The lowest BCUT2D eigenvalue weighted by Crippen LogP contribution is -2.35. The molecule has 1 fully saturated rings. The van der Waals surface area contributed by atoms with Crippen LogP contribution in [0.2, 0.25) is 5.02 Å². The van der Waals surface area contributed by atoms with E-state index in [4.69, 9.17) is 20.8 Å². The van der Waals surface area contributed by atoms with E-state index in [0.717, 1.165) is 19.3 Å². The molecule has 0 aliphatic carbocycles. The van der Waals surface area contributed by atoms with Crippen molar-refractivity contribution in [1.82, 2.24) is 4.31 Å². The number of amides is 1. The topological polar surface area (TPSA) is 88.8 Å². The number of carbonyl (C=O) groups excluding carboxylic acids is 1. The molecular weight excluding hydrogens is 440 g/mol. The number of carbonyl (C=O) groups is 1. The first-order valence-electron chi connectivity index (χ1n) is 9.99. The summed E-state index contributed by atoms with van der Waals surface area (Å²) in [6.45, 7) is 2.80. The number of benzene rings is 2. The zero-order chi connectivity index (χ0) is 22.2. The summed E-state index contributed by atoms with van der Waals surface area (Å²) in [7, 11) is -2.07. The lowest BCUT2D eigenvalue weighted by molar-refractivity contribution is 0.0998. The second kappa shape index (κ2) is 8.53. The van der Waals surface area contributed by atoms with Crippen LogP contribution in [0.5, 0.6) is 5.75 Å². The van der Waals surface area contributed by atoms with Gasteiger partial charge < -0.3 is 14.5 Å². The molecule has 1 aliphatic rings.